The Morgan fingerprint density at radius 2 is 0.635 bits per heavy atom. The summed E-state index contributed by atoms with van der Waals surface area (Å²) in [6, 6.07) is 133. The number of aromatic nitrogens is 2. The first-order valence-electron chi connectivity index (χ1n) is 35.5. The maximum atomic E-state index is 6.87. The third kappa shape index (κ3) is 10.4. The predicted octanol–water partition coefficient (Wildman–Crippen LogP) is 26.4. The zero-order valence-electron chi connectivity index (χ0n) is 56.7. The molecule has 1 atom stereocenters. The number of hydrogen-bond acceptors (Lipinski definition) is 6. The molecule has 0 saturated heterocycles. The van der Waals surface area contributed by atoms with E-state index in [9.17, 15) is 0 Å². The molecule has 0 fully saturated rings. The Kier molecular flexibility index (Phi) is 14.5. The number of para-hydroxylation sites is 8. The van der Waals surface area contributed by atoms with E-state index in [1.54, 1.807) is 0 Å². The van der Waals surface area contributed by atoms with Crippen LogP contribution in [0.1, 0.15) is 11.3 Å². The van der Waals surface area contributed by atoms with E-state index in [0.29, 0.717) is 0 Å². The van der Waals surface area contributed by atoms with E-state index in [1.165, 1.54) is 27.8 Å². The minimum atomic E-state index is 0.0660. The van der Waals surface area contributed by atoms with Crippen LogP contribution in [0.15, 0.2) is 385 Å². The minimum absolute atomic E-state index is 0.0660. The van der Waals surface area contributed by atoms with E-state index >= 15 is 0 Å². The Labute approximate surface area is 601 Å². The standard InChI is InChI=1S/C96H66N6O2/c1-7-24-67(25-8-1)97(77-48-54-91-85(61-77)81-38-19-21-40-89(81)101(91)71-32-15-5-16-33-71)73-44-46-74(47-45-73)98(68-26-9-2-10-27-68)79-50-57-95-88(63-79)83-52-42-66(59-96(83)104-95)65-43-53-90-84(58-65)86-62-78(49-55-92(86)102(90)72-34-17-6-18-35-72)99(69-28-11-3-12-29-69)75-36-23-37-76(60-75)100(70-30-13-4-14-31-70)80-51-56-94-87(64-80)82-39-20-22-41-93(82)103-94/h1-60,62-64,77H,61H2. The molecule has 19 aromatic rings. The molecule has 15 aromatic carbocycles. The van der Waals surface area contributed by atoms with Gasteiger partial charge >= 0.3 is 0 Å². The number of furan rings is 2. The lowest BCUT2D eigenvalue weighted by Crippen LogP contribution is -2.33. The predicted molar refractivity (Wildman–Crippen MR) is 433 cm³/mol. The van der Waals surface area contributed by atoms with Gasteiger partial charge in [-0.1, -0.05) is 170 Å². The molecule has 1 aliphatic rings. The number of hydrogen-bond donors (Lipinski definition) is 0. The average Bonchev–Trinajstić information content (AvgIpc) is 1.57. The van der Waals surface area contributed by atoms with Crippen molar-refractivity contribution in [1.29, 1.82) is 0 Å². The number of anilines is 11. The van der Waals surface area contributed by atoms with Gasteiger partial charge in [0.15, 0.2) is 0 Å². The summed E-state index contributed by atoms with van der Waals surface area (Å²) in [6.45, 7) is 0. The van der Waals surface area contributed by atoms with Crippen LogP contribution in [-0.2, 0) is 6.42 Å². The van der Waals surface area contributed by atoms with Crippen molar-refractivity contribution in [2.75, 3.05) is 19.6 Å². The zero-order chi connectivity index (χ0) is 68.6. The van der Waals surface area contributed by atoms with Crippen LogP contribution >= 0.6 is 0 Å². The quantitative estimate of drug-likeness (QED) is 0.102. The molecule has 8 heteroatoms. The fourth-order valence-electron chi connectivity index (χ4n) is 16.1. The van der Waals surface area contributed by atoms with Gasteiger partial charge in [0, 0.05) is 117 Å². The summed E-state index contributed by atoms with van der Waals surface area (Å²) in [5, 5.41) is 7.84. The molecule has 0 radical (unpaired) electrons. The molecule has 0 spiro atoms. The lowest BCUT2D eigenvalue weighted by molar-refractivity contribution is 0.668. The normalized spacial score (nSPS) is 12.8. The monoisotopic (exact) mass is 1330 g/mol. The Bertz CT molecular complexity index is 6460. The Balaban J connectivity index is 0.652. The van der Waals surface area contributed by atoms with Gasteiger partial charge in [-0.15, -0.1) is 0 Å². The molecular formula is C96H66N6O2. The van der Waals surface area contributed by atoms with Crippen LogP contribution in [0.2, 0.25) is 0 Å². The molecule has 4 heterocycles. The summed E-state index contributed by atoms with van der Waals surface area (Å²) in [7, 11) is 0. The van der Waals surface area contributed by atoms with Gasteiger partial charge in [-0.05, 0) is 235 Å². The summed E-state index contributed by atoms with van der Waals surface area (Å²) >= 11 is 0. The van der Waals surface area contributed by atoms with Gasteiger partial charge in [0.1, 0.15) is 22.3 Å². The van der Waals surface area contributed by atoms with Crippen molar-refractivity contribution in [3.8, 4) is 22.5 Å². The van der Waals surface area contributed by atoms with Crippen molar-refractivity contribution in [2.45, 2.75) is 12.5 Å². The van der Waals surface area contributed by atoms with Gasteiger partial charge in [0.25, 0.3) is 0 Å². The lowest BCUT2D eigenvalue weighted by Gasteiger charge is -2.34. The highest BCUT2D eigenvalue weighted by molar-refractivity contribution is 6.13. The van der Waals surface area contributed by atoms with Gasteiger partial charge in [-0.3, -0.25) is 0 Å². The van der Waals surface area contributed by atoms with Crippen molar-refractivity contribution in [3.05, 3.63) is 387 Å². The third-order valence-corrected chi connectivity index (χ3v) is 20.8. The molecule has 0 amide bonds. The highest BCUT2D eigenvalue weighted by atomic mass is 16.3. The van der Waals surface area contributed by atoms with Crippen LogP contribution in [-0.4, -0.2) is 15.2 Å². The summed E-state index contributed by atoms with van der Waals surface area (Å²) in [6.07, 6.45) is 5.57. The third-order valence-electron chi connectivity index (χ3n) is 20.8. The maximum Gasteiger partial charge on any atom is 0.136 e. The van der Waals surface area contributed by atoms with Crippen molar-refractivity contribution in [1.82, 2.24) is 9.13 Å². The van der Waals surface area contributed by atoms with Crippen LogP contribution in [0, 0.1) is 0 Å². The fraction of sp³-hybridized carbons (Fsp3) is 0.0208. The van der Waals surface area contributed by atoms with Crippen molar-refractivity contribution >= 4 is 145 Å². The largest absolute Gasteiger partial charge is 0.456 e. The molecular weight excluding hydrogens is 1270 g/mol. The van der Waals surface area contributed by atoms with Crippen LogP contribution in [0.5, 0.6) is 0 Å². The van der Waals surface area contributed by atoms with Gasteiger partial charge in [-0.25, -0.2) is 0 Å². The topological polar surface area (TPSA) is 49.1 Å². The van der Waals surface area contributed by atoms with Crippen LogP contribution < -0.4 is 19.6 Å². The smallest absolute Gasteiger partial charge is 0.136 e. The molecule has 104 heavy (non-hydrogen) atoms. The van der Waals surface area contributed by atoms with Crippen molar-refractivity contribution in [3.63, 3.8) is 0 Å². The highest BCUT2D eigenvalue weighted by Crippen LogP contribution is 2.47. The molecule has 0 bridgehead atoms. The van der Waals surface area contributed by atoms with Crippen molar-refractivity contribution in [2.24, 2.45) is 0 Å². The summed E-state index contributed by atoms with van der Waals surface area (Å²) in [5.41, 5.74) is 25.5. The SMILES string of the molecule is C1=CC(N(c2ccccc2)c2ccc(N(c3ccccc3)c3ccc4oc5cc(-c6ccc7c(c6)c6cc(N(c8ccccc8)c8cccc(N(c9ccccc9)c9ccc%10oc%11ccccc%11c%10c9)c8)ccc6n7-c6ccccc6)ccc5c4c3)cc2)Cc2c1n(-c1ccccc1)c1ccccc21. The van der Waals surface area contributed by atoms with E-state index in [4.69, 9.17) is 8.83 Å². The first-order chi connectivity index (χ1) is 51.6. The van der Waals surface area contributed by atoms with Crippen LogP contribution in [0.4, 0.5) is 62.6 Å². The second kappa shape index (κ2) is 25.1. The van der Waals surface area contributed by atoms with Crippen molar-refractivity contribution < 1.29 is 8.83 Å². The molecule has 8 nitrogen and oxygen atoms in total. The summed E-state index contributed by atoms with van der Waals surface area (Å²) in [5.74, 6) is 0. The number of benzene rings is 15. The maximum absolute atomic E-state index is 6.87. The second-order valence-corrected chi connectivity index (χ2v) is 26.8. The lowest BCUT2D eigenvalue weighted by atomic mass is 9.95. The van der Waals surface area contributed by atoms with E-state index in [-0.39, 0.29) is 6.04 Å². The number of nitrogens with zero attached hydrogens (tertiary/aromatic N) is 6. The Morgan fingerprint density at radius 3 is 1.25 bits per heavy atom. The van der Waals surface area contributed by atoms with Gasteiger partial charge in [0.2, 0.25) is 0 Å². The average molecular weight is 1340 g/mol. The molecule has 20 rings (SSSR count). The molecule has 1 unspecified atom stereocenters. The van der Waals surface area contributed by atoms with Crippen LogP contribution in [0.3, 0.4) is 0 Å². The van der Waals surface area contributed by atoms with E-state index < -0.39 is 0 Å². The first kappa shape index (κ1) is 60.2. The minimum Gasteiger partial charge on any atom is -0.456 e. The highest BCUT2D eigenvalue weighted by Gasteiger charge is 2.29. The molecule has 0 saturated carbocycles. The summed E-state index contributed by atoms with van der Waals surface area (Å²) < 4.78 is 18.0. The van der Waals surface area contributed by atoms with E-state index in [2.05, 4.69) is 399 Å². The van der Waals surface area contributed by atoms with Gasteiger partial charge in [-0.2, -0.15) is 0 Å². The van der Waals surface area contributed by atoms with Gasteiger partial charge in [0.05, 0.1) is 22.6 Å². The molecule has 492 valence electrons. The first-order valence-corrected chi connectivity index (χ1v) is 35.5. The number of fused-ring (bicyclic) bond motifs is 12. The molecule has 0 N–H and O–H groups in total. The fourth-order valence-corrected chi connectivity index (χ4v) is 16.1. The second-order valence-electron chi connectivity index (χ2n) is 26.8. The Morgan fingerprint density at radius 1 is 0.250 bits per heavy atom. The number of rotatable bonds is 15. The van der Waals surface area contributed by atoms with Crippen LogP contribution in [0.25, 0.3) is 105 Å². The summed E-state index contributed by atoms with van der Waals surface area (Å²) in [4.78, 5) is 9.56. The molecule has 4 aromatic heterocycles. The molecule has 0 aliphatic heterocycles. The van der Waals surface area contributed by atoms with E-state index in [1.807, 2.05) is 12.1 Å². The molecule has 1 aliphatic carbocycles. The zero-order valence-corrected chi connectivity index (χ0v) is 56.7. The Hall–Kier alpha value is -13.8. The van der Waals surface area contributed by atoms with Gasteiger partial charge < -0.3 is 37.6 Å². The van der Waals surface area contributed by atoms with E-state index in [0.717, 1.165) is 151 Å².